The Balaban J connectivity index is 2.18. The van der Waals surface area contributed by atoms with Crippen LogP contribution in [0.15, 0.2) is 22.4 Å². The maximum Gasteiger partial charge on any atom is 0.251 e. The Labute approximate surface area is 150 Å². The third kappa shape index (κ3) is 4.42. The van der Waals surface area contributed by atoms with Crippen molar-refractivity contribution in [3.8, 4) is 0 Å². The SMILES string of the molecule is C[C@H]1OC(CN=[N+]=[N-])[C@H](O)[C@H](O)C1NC(=O)c1cc(F)c(N=[N+]=[N-])c(F)c1. The van der Waals surface area contributed by atoms with Gasteiger partial charge in [-0.2, -0.15) is 0 Å². The van der Waals surface area contributed by atoms with E-state index in [2.05, 4.69) is 25.4 Å². The summed E-state index contributed by atoms with van der Waals surface area (Å²) >= 11 is 0. The molecule has 27 heavy (non-hydrogen) atoms. The van der Waals surface area contributed by atoms with Crippen molar-refractivity contribution < 1.29 is 28.5 Å². The van der Waals surface area contributed by atoms with Crippen molar-refractivity contribution in [2.24, 2.45) is 10.2 Å². The molecule has 1 amide bonds. The summed E-state index contributed by atoms with van der Waals surface area (Å²) in [5.41, 5.74) is 15.3. The van der Waals surface area contributed by atoms with Gasteiger partial charge in [-0.15, -0.1) is 0 Å². The van der Waals surface area contributed by atoms with Crippen molar-refractivity contribution in [3.63, 3.8) is 0 Å². The monoisotopic (exact) mass is 383 g/mol. The quantitative estimate of drug-likeness (QED) is 0.399. The molecule has 144 valence electrons. The van der Waals surface area contributed by atoms with Gasteiger partial charge in [-0.25, -0.2) is 8.78 Å². The highest BCUT2D eigenvalue weighted by atomic mass is 19.1. The highest BCUT2D eigenvalue weighted by Crippen LogP contribution is 2.25. The van der Waals surface area contributed by atoms with Gasteiger partial charge in [-0.05, 0) is 30.1 Å². The predicted octanol–water partition coefficient (Wildman–Crippen LogP) is 1.82. The number of benzene rings is 1. The van der Waals surface area contributed by atoms with Crippen molar-refractivity contribution in [3.05, 3.63) is 50.2 Å². The number of aliphatic hydroxyl groups is 2. The molecule has 0 bridgehead atoms. The number of hydrogen-bond acceptors (Lipinski definition) is 6. The molecule has 1 fully saturated rings. The highest BCUT2D eigenvalue weighted by Gasteiger charge is 2.43. The molecule has 1 aliphatic heterocycles. The number of nitrogens with one attached hydrogen (secondary N) is 1. The lowest BCUT2D eigenvalue weighted by atomic mass is 9.93. The lowest BCUT2D eigenvalue weighted by molar-refractivity contribution is -0.173. The first-order valence-electron chi connectivity index (χ1n) is 7.67. The molecule has 1 aromatic carbocycles. The summed E-state index contributed by atoms with van der Waals surface area (Å²) in [6.45, 7) is 1.27. The van der Waals surface area contributed by atoms with Crippen LogP contribution in [0.1, 0.15) is 17.3 Å². The molecule has 1 saturated heterocycles. The van der Waals surface area contributed by atoms with Gasteiger partial charge in [0.05, 0.1) is 24.8 Å². The fourth-order valence-corrected chi connectivity index (χ4v) is 2.69. The van der Waals surface area contributed by atoms with Gasteiger partial charge in [0.15, 0.2) is 0 Å². The number of rotatable bonds is 5. The molecule has 5 atom stereocenters. The van der Waals surface area contributed by atoms with E-state index >= 15 is 0 Å². The van der Waals surface area contributed by atoms with Crippen molar-refractivity contribution in [2.75, 3.05) is 6.54 Å². The third-order valence-corrected chi connectivity index (χ3v) is 4.04. The normalized spacial score (nSPS) is 27.2. The summed E-state index contributed by atoms with van der Waals surface area (Å²) in [6.07, 6.45) is -4.72. The van der Waals surface area contributed by atoms with E-state index in [0.29, 0.717) is 12.1 Å². The molecule has 13 heteroatoms. The van der Waals surface area contributed by atoms with E-state index in [9.17, 15) is 23.8 Å². The number of ether oxygens (including phenoxy) is 1. The number of nitrogens with zero attached hydrogens (tertiary/aromatic N) is 6. The van der Waals surface area contributed by atoms with Crippen LogP contribution in [-0.4, -0.2) is 53.1 Å². The van der Waals surface area contributed by atoms with Gasteiger partial charge in [0.1, 0.15) is 29.5 Å². The zero-order valence-electron chi connectivity index (χ0n) is 13.9. The lowest BCUT2D eigenvalue weighted by Crippen LogP contribution is -2.63. The van der Waals surface area contributed by atoms with Crippen LogP contribution in [-0.2, 0) is 4.74 Å². The minimum Gasteiger partial charge on any atom is -0.388 e. The number of aliphatic hydroxyl groups excluding tert-OH is 2. The molecule has 0 aliphatic carbocycles. The first-order valence-corrected chi connectivity index (χ1v) is 7.67. The van der Waals surface area contributed by atoms with E-state index in [-0.39, 0.29) is 6.54 Å². The summed E-state index contributed by atoms with van der Waals surface area (Å²) in [4.78, 5) is 17.1. The minimum absolute atomic E-state index is 0.225. The van der Waals surface area contributed by atoms with Gasteiger partial charge in [0.2, 0.25) is 0 Å². The van der Waals surface area contributed by atoms with Crippen LogP contribution in [0, 0.1) is 11.6 Å². The number of carbonyl (C=O) groups is 1. The van der Waals surface area contributed by atoms with Crippen LogP contribution in [0.4, 0.5) is 14.5 Å². The topological polar surface area (TPSA) is 176 Å². The van der Waals surface area contributed by atoms with Crippen LogP contribution < -0.4 is 5.32 Å². The van der Waals surface area contributed by atoms with E-state index in [4.69, 9.17) is 15.8 Å². The van der Waals surface area contributed by atoms with Crippen molar-refractivity contribution >= 4 is 11.6 Å². The Morgan fingerprint density at radius 2 is 1.89 bits per heavy atom. The molecule has 2 unspecified atom stereocenters. The Hall–Kier alpha value is -2.95. The average Bonchev–Trinajstić information content (AvgIpc) is 2.63. The van der Waals surface area contributed by atoms with Gasteiger partial charge < -0.3 is 20.3 Å². The van der Waals surface area contributed by atoms with Crippen LogP contribution in [0.25, 0.3) is 20.9 Å². The molecule has 2 rings (SSSR count). The molecule has 11 nitrogen and oxygen atoms in total. The first kappa shape index (κ1) is 20.4. The molecule has 0 spiro atoms. The fraction of sp³-hybridized carbons (Fsp3) is 0.500. The lowest BCUT2D eigenvalue weighted by Gasteiger charge is -2.41. The van der Waals surface area contributed by atoms with E-state index in [0.717, 1.165) is 0 Å². The van der Waals surface area contributed by atoms with Crippen LogP contribution in [0.2, 0.25) is 0 Å². The molecule has 0 radical (unpaired) electrons. The van der Waals surface area contributed by atoms with Gasteiger partial charge in [-0.3, -0.25) is 4.79 Å². The Bertz CT molecular complexity index is 803. The van der Waals surface area contributed by atoms with E-state index < -0.39 is 59.3 Å². The van der Waals surface area contributed by atoms with Gasteiger partial charge in [0, 0.05) is 15.4 Å². The second-order valence-electron chi connectivity index (χ2n) is 5.75. The van der Waals surface area contributed by atoms with Gasteiger partial charge in [-0.1, -0.05) is 10.2 Å². The summed E-state index contributed by atoms with van der Waals surface area (Å²) in [6, 6.07) is 0.242. The predicted molar refractivity (Wildman–Crippen MR) is 86.8 cm³/mol. The summed E-state index contributed by atoms with van der Waals surface area (Å²) in [5.74, 6) is -3.41. The Morgan fingerprint density at radius 3 is 2.44 bits per heavy atom. The molecule has 3 N–H and O–H groups in total. The largest absolute Gasteiger partial charge is 0.388 e. The number of halogens is 2. The second-order valence-corrected chi connectivity index (χ2v) is 5.75. The van der Waals surface area contributed by atoms with Gasteiger partial charge >= 0.3 is 0 Å². The molecule has 0 saturated carbocycles. The van der Waals surface area contributed by atoms with E-state index in [1.165, 1.54) is 6.92 Å². The van der Waals surface area contributed by atoms with Crippen LogP contribution in [0.3, 0.4) is 0 Å². The van der Waals surface area contributed by atoms with E-state index in [1.54, 1.807) is 0 Å². The van der Waals surface area contributed by atoms with Crippen LogP contribution in [0.5, 0.6) is 0 Å². The van der Waals surface area contributed by atoms with E-state index in [1.807, 2.05) is 0 Å². The fourth-order valence-electron chi connectivity index (χ4n) is 2.69. The minimum atomic E-state index is -1.48. The standard InChI is InChI=1S/C14H15F2N7O4/c1-5-10(13(25)12(24)9(27-5)4-19-22-17)20-14(26)6-2-7(15)11(21-23-18)8(16)3-6/h2-3,5,9-10,12-13,24-25H,4H2,1H3,(H,20,26)/t5-,9?,10?,12+,13-/m1/s1. The van der Waals surface area contributed by atoms with Crippen molar-refractivity contribution in [1.29, 1.82) is 0 Å². The zero-order valence-corrected chi connectivity index (χ0v) is 13.9. The average molecular weight is 383 g/mol. The zero-order chi connectivity index (χ0) is 20.1. The Morgan fingerprint density at radius 1 is 1.26 bits per heavy atom. The highest BCUT2D eigenvalue weighted by molar-refractivity contribution is 5.94. The first-order chi connectivity index (χ1) is 12.8. The van der Waals surface area contributed by atoms with Crippen molar-refractivity contribution in [2.45, 2.75) is 37.4 Å². The smallest absolute Gasteiger partial charge is 0.251 e. The molecule has 1 heterocycles. The number of carbonyl (C=O) groups excluding carboxylic acids is 1. The molecular formula is C14H15F2N7O4. The number of amides is 1. The van der Waals surface area contributed by atoms with Crippen LogP contribution >= 0.6 is 0 Å². The molecule has 1 aliphatic rings. The number of hydrogen-bond donors (Lipinski definition) is 3. The Kier molecular flexibility index (Phi) is 6.50. The maximum absolute atomic E-state index is 13.8. The number of azide groups is 2. The summed E-state index contributed by atoms with van der Waals surface area (Å²) in [7, 11) is 0. The molecule has 0 aromatic heterocycles. The van der Waals surface area contributed by atoms with Gasteiger partial charge in [0.25, 0.3) is 5.91 Å². The molecular weight excluding hydrogens is 368 g/mol. The summed E-state index contributed by atoms with van der Waals surface area (Å²) in [5, 5.41) is 28.7. The van der Waals surface area contributed by atoms with Crippen molar-refractivity contribution in [1.82, 2.24) is 5.32 Å². The second kappa shape index (κ2) is 8.62. The maximum atomic E-state index is 13.8. The molecule has 1 aromatic rings. The summed E-state index contributed by atoms with van der Waals surface area (Å²) < 4.78 is 33.0. The third-order valence-electron chi connectivity index (χ3n) is 4.04.